The van der Waals surface area contributed by atoms with Crippen molar-refractivity contribution < 1.29 is 4.79 Å². The van der Waals surface area contributed by atoms with Crippen LogP contribution in [0.2, 0.25) is 0 Å². The van der Waals surface area contributed by atoms with Gasteiger partial charge in [-0.2, -0.15) is 0 Å². The van der Waals surface area contributed by atoms with Gasteiger partial charge in [-0.05, 0) is 18.2 Å². The van der Waals surface area contributed by atoms with Crippen LogP contribution in [0.1, 0.15) is 10.4 Å². The van der Waals surface area contributed by atoms with Crippen molar-refractivity contribution in [1.29, 1.82) is 0 Å². The Labute approximate surface area is 85.0 Å². The highest BCUT2D eigenvalue weighted by molar-refractivity contribution is 9.10. The molecule has 0 spiro atoms. The molecule has 68 valence electrons. The molecule has 0 aromatic heterocycles. The summed E-state index contributed by atoms with van der Waals surface area (Å²) in [6.45, 7) is 0. The lowest BCUT2D eigenvalue weighted by Crippen LogP contribution is -1.98. The molecule has 3 nitrogen and oxygen atoms in total. The number of benzene rings is 1. The van der Waals surface area contributed by atoms with Crippen molar-refractivity contribution in [3.8, 4) is 0 Å². The number of nitrogens with one attached hydrogen (secondary N) is 1. The topological polar surface area (TPSA) is 41.5 Å². The van der Waals surface area contributed by atoms with E-state index in [1.807, 2.05) is 12.1 Å². The first-order valence-electron chi connectivity index (χ1n) is 3.70. The average Bonchev–Trinajstić information content (AvgIpc) is 2.16. The van der Waals surface area contributed by atoms with Crippen molar-refractivity contribution in [2.24, 2.45) is 4.99 Å². The van der Waals surface area contributed by atoms with E-state index in [4.69, 9.17) is 0 Å². The summed E-state index contributed by atoms with van der Waals surface area (Å²) >= 11 is 3.28. The third-order valence-electron chi connectivity index (χ3n) is 1.49. The summed E-state index contributed by atoms with van der Waals surface area (Å²) in [4.78, 5) is 14.4. The van der Waals surface area contributed by atoms with Crippen molar-refractivity contribution in [2.45, 2.75) is 0 Å². The average molecular weight is 241 g/mol. The predicted molar refractivity (Wildman–Crippen MR) is 57.6 cm³/mol. The molecule has 0 aliphatic carbocycles. The Balaban J connectivity index is 2.98. The van der Waals surface area contributed by atoms with E-state index >= 15 is 0 Å². The Morgan fingerprint density at radius 1 is 1.54 bits per heavy atom. The van der Waals surface area contributed by atoms with Crippen molar-refractivity contribution in [3.63, 3.8) is 0 Å². The zero-order valence-electron chi connectivity index (χ0n) is 7.12. The van der Waals surface area contributed by atoms with Crippen LogP contribution in [-0.2, 0) is 0 Å². The second kappa shape index (κ2) is 4.77. The summed E-state index contributed by atoms with van der Waals surface area (Å²) in [6.07, 6.45) is 2.34. The summed E-state index contributed by atoms with van der Waals surface area (Å²) in [5.74, 6) is 0. The lowest BCUT2D eigenvalue weighted by molar-refractivity contribution is 0.112. The molecule has 1 aromatic rings. The second-order valence-electron chi connectivity index (χ2n) is 2.38. The lowest BCUT2D eigenvalue weighted by Gasteiger charge is -2.03. The number of carbonyl (C=O) groups is 1. The first-order chi connectivity index (χ1) is 6.27. The smallest absolute Gasteiger partial charge is 0.152 e. The molecule has 1 N–H and O–H groups in total. The maximum atomic E-state index is 10.6. The highest BCUT2D eigenvalue weighted by Gasteiger charge is 1.99. The summed E-state index contributed by atoms with van der Waals surface area (Å²) in [7, 11) is 1.66. The number of rotatable bonds is 3. The van der Waals surface area contributed by atoms with Crippen LogP contribution in [0.15, 0.2) is 27.7 Å². The van der Waals surface area contributed by atoms with Gasteiger partial charge in [0.2, 0.25) is 0 Å². The second-order valence-corrected chi connectivity index (χ2v) is 3.30. The summed E-state index contributed by atoms with van der Waals surface area (Å²) in [5.41, 5.74) is 1.36. The van der Waals surface area contributed by atoms with E-state index in [1.165, 1.54) is 6.34 Å². The van der Waals surface area contributed by atoms with Crippen molar-refractivity contribution in [1.82, 2.24) is 0 Å². The minimum absolute atomic E-state index is 0.606. The number of nitrogens with zero attached hydrogens (tertiary/aromatic N) is 1. The van der Waals surface area contributed by atoms with E-state index in [0.29, 0.717) is 5.56 Å². The van der Waals surface area contributed by atoms with Crippen LogP contribution >= 0.6 is 15.9 Å². The van der Waals surface area contributed by atoms with Crippen LogP contribution in [0, 0.1) is 0 Å². The summed E-state index contributed by atoms with van der Waals surface area (Å²) in [6, 6.07) is 5.42. The summed E-state index contributed by atoms with van der Waals surface area (Å²) in [5, 5.41) is 2.90. The highest BCUT2D eigenvalue weighted by Crippen LogP contribution is 2.18. The molecule has 13 heavy (non-hydrogen) atoms. The molecule has 0 saturated heterocycles. The maximum absolute atomic E-state index is 10.6. The zero-order valence-corrected chi connectivity index (χ0v) is 8.71. The Morgan fingerprint density at radius 3 is 2.92 bits per heavy atom. The normalized spacial score (nSPS) is 10.3. The molecular formula is C9H9BrN2O. The van der Waals surface area contributed by atoms with Gasteiger partial charge in [0.25, 0.3) is 0 Å². The van der Waals surface area contributed by atoms with E-state index in [9.17, 15) is 4.79 Å². The minimum Gasteiger partial charge on any atom is -0.346 e. The number of anilines is 1. The molecule has 0 amide bonds. The summed E-state index contributed by atoms with van der Waals surface area (Å²) < 4.78 is 0.883. The fourth-order valence-corrected chi connectivity index (χ4v) is 1.28. The standard InChI is InChI=1S/C9H9BrN2O/c1-11-6-12-9-3-2-8(10)4-7(9)5-13/h2-6H,1H3,(H,11,12). The van der Waals surface area contributed by atoms with Gasteiger partial charge < -0.3 is 5.32 Å². The first kappa shape index (κ1) is 9.92. The molecule has 0 aliphatic heterocycles. The van der Waals surface area contributed by atoms with Crippen LogP contribution in [0.25, 0.3) is 0 Å². The lowest BCUT2D eigenvalue weighted by atomic mass is 10.2. The van der Waals surface area contributed by atoms with Gasteiger partial charge in [-0.15, -0.1) is 0 Å². The van der Waals surface area contributed by atoms with E-state index in [-0.39, 0.29) is 0 Å². The minimum atomic E-state index is 0.606. The Bertz CT molecular complexity index is 336. The van der Waals surface area contributed by atoms with Crippen LogP contribution in [0.4, 0.5) is 5.69 Å². The number of halogens is 1. The third-order valence-corrected chi connectivity index (χ3v) is 1.98. The number of aliphatic imine (C=N–C) groups is 1. The Morgan fingerprint density at radius 2 is 2.31 bits per heavy atom. The van der Waals surface area contributed by atoms with Crippen LogP contribution in [0.5, 0.6) is 0 Å². The molecule has 4 heteroatoms. The van der Waals surface area contributed by atoms with Crippen LogP contribution in [-0.4, -0.2) is 19.7 Å². The number of aldehydes is 1. The zero-order chi connectivity index (χ0) is 9.68. The largest absolute Gasteiger partial charge is 0.346 e. The van der Waals surface area contributed by atoms with Gasteiger partial charge >= 0.3 is 0 Å². The predicted octanol–water partition coefficient (Wildman–Crippen LogP) is 2.33. The Hall–Kier alpha value is -1.16. The van der Waals surface area contributed by atoms with Gasteiger partial charge in [0.15, 0.2) is 6.29 Å². The monoisotopic (exact) mass is 240 g/mol. The number of carbonyl (C=O) groups excluding carboxylic acids is 1. The first-order valence-corrected chi connectivity index (χ1v) is 4.49. The molecule has 0 aliphatic rings. The molecule has 0 bridgehead atoms. The van der Waals surface area contributed by atoms with Crippen molar-refractivity contribution in [2.75, 3.05) is 12.4 Å². The quantitative estimate of drug-likeness (QED) is 0.501. The molecule has 0 radical (unpaired) electrons. The van der Waals surface area contributed by atoms with Crippen molar-refractivity contribution in [3.05, 3.63) is 28.2 Å². The molecule has 0 saturated carbocycles. The SMILES string of the molecule is CN=CNc1ccc(Br)cc1C=O. The van der Waals surface area contributed by atoms with E-state index in [2.05, 4.69) is 26.2 Å². The van der Waals surface area contributed by atoms with Crippen molar-refractivity contribution >= 4 is 34.2 Å². The van der Waals surface area contributed by atoms with Gasteiger partial charge in [0.05, 0.1) is 6.34 Å². The van der Waals surface area contributed by atoms with E-state index in [1.54, 1.807) is 13.1 Å². The van der Waals surface area contributed by atoms with E-state index < -0.39 is 0 Å². The molecule has 0 unspecified atom stereocenters. The van der Waals surface area contributed by atoms with Gasteiger partial charge in [-0.25, -0.2) is 0 Å². The molecule has 1 aromatic carbocycles. The van der Waals surface area contributed by atoms with Gasteiger partial charge in [0, 0.05) is 22.8 Å². The maximum Gasteiger partial charge on any atom is 0.152 e. The molecule has 1 rings (SSSR count). The fourth-order valence-electron chi connectivity index (χ4n) is 0.897. The van der Waals surface area contributed by atoms with Crippen LogP contribution < -0.4 is 5.32 Å². The molecule has 0 heterocycles. The molecule has 0 fully saturated rings. The third kappa shape index (κ3) is 2.66. The molecule has 0 atom stereocenters. The highest BCUT2D eigenvalue weighted by atomic mass is 79.9. The van der Waals surface area contributed by atoms with Gasteiger partial charge in [-0.1, -0.05) is 15.9 Å². The number of hydrogen-bond acceptors (Lipinski definition) is 2. The van der Waals surface area contributed by atoms with Gasteiger partial charge in [0.1, 0.15) is 0 Å². The van der Waals surface area contributed by atoms with Crippen LogP contribution in [0.3, 0.4) is 0 Å². The molecular weight excluding hydrogens is 232 g/mol. The van der Waals surface area contributed by atoms with Gasteiger partial charge in [-0.3, -0.25) is 9.79 Å². The number of hydrogen-bond donors (Lipinski definition) is 1. The Kier molecular flexibility index (Phi) is 3.64. The van der Waals surface area contributed by atoms with E-state index in [0.717, 1.165) is 16.4 Å². The fraction of sp³-hybridized carbons (Fsp3) is 0.111.